The number of alkyl halides is 3. The molecule has 3 rings (SSSR count). The largest absolute Gasteiger partial charge is 0.461 e. The Morgan fingerprint density at radius 2 is 2.04 bits per heavy atom. The van der Waals surface area contributed by atoms with Crippen molar-refractivity contribution in [3.8, 4) is 11.3 Å². The minimum absolute atomic E-state index is 0.135. The maximum absolute atomic E-state index is 12.6. The molecule has 0 radical (unpaired) electrons. The van der Waals surface area contributed by atoms with Crippen LogP contribution in [0.5, 0.6) is 0 Å². The number of carbonyl (C=O) groups is 1. The molecule has 0 saturated heterocycles. The van der Waals surface area contributed by atoms with Crippen LogP contribution in [-0.4, -0.2) is 22.5 Å². The second-order valence-corrected chi connectivity index (χ2v) is 5.60. The van der Waals surface area contributed by atoms with Gasteiger partial charge in [-0.2, -0.15) is 13.2 Å². The van der Waals surface area contributed by atoms with Gasteiger partial charge in [0.2, 0.25) is 0 Å². The molecule has 0 fully saturated rings. The number of hydrogen-bond acceptors (Lipinski definition) is 3. The lowest BCUT2D eigenvalue weighted by atomic mass is 10.1. The number of H-pyrrole nitrogens is 1. The second kappa shape index (κ2) is 6.40. The molecule has 2 heterocycles. The van der Waals surface area contributed by atoms with E-state index in [9.17, 15) is 18.0 Å². The first-order chi connectivity index (χ1) is 11.8. The van der Waals surface area contributed by atoms with Gasteiger partial charge in [0.05, 0.1) is 22.9 Å². The molecular weight excluding hydrogens is 357 g/mol. The highest BCUT2D eigenvalue weighted by molar-refractivity contribution is 6.38. The van der Waals surface area contributed by atoms with Gasteiger partial charge in [0.1, 0.15) is 5.69 Å². The van der Waals surface area contributed by atoms with Crippen LogP contribution in [0.4, 0.5) is 13.2 Å². The first-order valence-corrected chi connectivity index (χ1v) is 7.71. The van der Waals surface area contributed by atoms with Gasteiger partial charge in [-0.15, -0.1) is 0 Å². The molecule has 3 aromatic rings. The number of rotatable bonds is 3. The van der Waals surface area contributed by atoms with Crippen LogP contribution >= 0.6 is 11.6 Å². The number of carbonyl (C=O) groups excluding carboxylic acids is 1. The van der Waals surface area contributed by atoms with E-state index in [1.54, 1.807) is 25.1 Å². The van der Waals surface area contributed by atoms with E-state index in [-0.39, 0.29) is 17.3 Å². The number of benzene rings is 1. The maximum Gasteiger partial charge on any atom is 0.417 e. The van der Waals surface area contributed by atoms with E-state index in [0.29, 0.717) is 22.2 Å². The van der Waals surface area contributed by atoms with Gasteiger partial charge < -0.3 is 9.72 Å². The van der Waals surface area contributed by atoms with Gasteiger partial charge in [-0.1, -0.05) is 17.7 Å². The lowest BCUT2D eigenvalue weighted by Crippen LogP contribution is -2.05. The Bertz CT molecular complexity index is 933. The molecule has 0 amide bonds. The van der Waals surface area contributed by atoms with Crippen molar-refractivity contribution in [3.63, 3.8) is 0 Å². The van der Waals surface area contributed by atoms with Gasteiger partial charge in [0.15, 0.2) is 0 Å². The van der Waals surface area contributed by atoms with Crippen molar-refractivity contribution >= 4 is 28.5 Å². The lowest BCUT2D eigenvalue weighted by Gasteiger charge is -2.07. The van der Waals surface area contributed by atoms with E-state index in [2.05, 4.69) is 9.97 Å². The Morgan fingerprint density at radius 1 is 1.28 bits per heavy atom. The van der Waals surface area contributed by atoms with E-state index in [1.807, 2.05) is 0 Å². The molecule has 1 aromatic carbocycles. The van der Waals surface area contributed by atoms with Gasteiger partial charge >= 0.3 is 12.1 Å². The molecule has 0 saturated carbocycles. The van der Waals surface area contributed by atoms with Crippen LogP contribution < -0.4 is 0 Å². The highest BCUT2D eigenvalue weighted by atomic mass is 35.5. The van der Waals surface area contributed by atoms with Gasteiger partial charge in [-0.25, -0.2) is 4.79 Å². The number of halogens is 4. The summed E-state index contributed by atoms with van der Waals surface area (Å²) < 4.78 is 42.8. The standard InChI is InChI=1S/C17H12ClF3N2O2/c1-2-25-16(24)15-14(18)11-7-9(3-5-13(11)23-15)12-6-4-10(8-22-12)17(19,20)21/h3-8,23H,2H2,1H3. The third-order valence-corrected chi connectivity index (χ3v) is 3.99. The molecule has 130 valence electrons. The fraction of sp³-hybridized carbons (Fsp3) is 0.176. The molecule has 0 aliphatic rings. The lowest BCUT2D eigenvalue weighted by molar-refractivity contribution is -0.137. The first-order valence-electron chi connectivity index (χ1n) is 7.33. The van der Waals surface area contributed by atoms with Crippen molar-refractivity contribution in [2.45, 2.75) is 13.1 Å². The number of hydrogen-bond donors (Lipinski definition) is 1. The summed E-state index contributed by atoms with van der Waals surface area (Å²) in [5.74, 6) is -0.571. The molecule has 0 spiro atoms. The van der Waals surface area contributed by atoms with Crippen molar-refractivity contribution in [1.29, 1.82) is 0 Å². The van der Waals surface area contributed by atoms with Gasteiger partial charge in [-0.05, 0) is 31.2 Å². The quantitative estimate of drug-likeness (QED) is 0.656. The molecule has 0 aliphatic heterocycles. The summed E-state index contributed by atoms with van der Waals surface area (Å²) in [4.78, 5) is 18.6. The van der Waals surface area contributed by atoms with Gasteiger partial charge in [-0.3, -0.25) is 4.98 Å². The number of pyridine rings is 1. The average Bonchev–Trinajstić information content (AvgIpc) is 2.91. The molecule has 8 heteroatoms. The van der Waals surface area contributed by atoms with Crippen LogP contribution in [0.15, 0.2) is 36.5 Å². The Morgan fingerprint density at radius 3 is 2.64 bits per heavy atom. The van der Waals surface area contributed by atoms with Gasteiger partial charge in [0, 0.05) is 22.7 Å². The second-order valence-electron chi connectivity index (χ2n) is 5.22. The number of esters is 1. The molecule has 1 N–H and O–H groups in total. The number of ether oxygens (including phenoxy) is 1. The minimum Gasteiger partial charge on any atom is -0.461 e. The summed E-state index contributed by atoms with van der Waals surface area (Å²) in [6, 6.07) is 7.27. The Balaban J connectivity index is 2.01. The zero-order valence-corrected chi connectivity index (χ0v) is 13.7. The number of aromatic nitrogens is 2. The molecular formula is C17H12ClF3N2O2. The Kier molecular flexibility index (Phi) is 4.43. The molecule has 0 unspecified atom stereocenters. The summed E-state index contributed by atoms with van der Waals surface area (Å²) in [6.45, 7) is 1.90. The van der Waals surface area contributed by atoms with E-state index in [1.165, 1.54) is 6.07 Å². The van der Waals surface area contributed by atoms with Gasteiger partial charge in [0.25, 0.3) is 0 Å². The summed E-state index contributed by atoms with van der Waals surface area (Å²) in [5.41, 5.74) is 0.878. The van der Waals surface area contributed by atoms with Crippen LogP contribution in [-0.2, 0) is 10.9 Å². The number of nitrogens with zero attached hydrogens (tertiary/aromatic N) is 1. The zero-order valence-electron chi connectivity index (χ0n) is 12.9. The van der Waals surface area contributed by atoms with Crippen molar-refractivity contribution in [1.82, 2.24) is 9.97 Å². The predicted octanol–water partition coefficient (Wildman–Crippen LogP) is 5.08. The molecule has 2 aromatic heterocycles. The van der Waals surface area contributed by atoms with Crippen LogP contribution in [0.1, 0.15) is 23.0 Å². The van der Waals surface area contributed by atoms with Crippen LogP contribution in [0, 0.1) is 0 Å². The molecule has 0 aliphatic carbocycles. The summed E-state index contributed by atoms with van der Waals surface area (Å²) in [6.07, 6.45) is -3.66. The number of fused-ring (bicyclic) bond motifs is 1. The predicted molar refractivity (Wildman–Crippen MR) is 87.5 cm³/mol. The average molecular weight is 369 g/mol. The third kappa shape index (κ3) is 3.32. The third-order valence-electron chi connectivity index (χ3n) is 3.60. The summed E-state index contributed by atoms with van der Waals surface area (Å²) in [7, 11) is 0. The van der Waals surface area contributed by atoms with E-state index >= 15 is 0 Å². The molecule has 0 atom stereocenters. The van der Waals surface area contributed by atoms with Crippen molar-refractivity contribution < 1.29 is 22.7 Å². The fourth-order valence-electron chi connectivity index (χ4n) is 2.39. The minimum atomic E-state index is -4.44. The smallest absolute Gasteiger partial charge is 0.417 e. The van der Waals surface area contributed by atoms with Crippen molar-refractivity contribution in [2.24, 2.45) is 0 Å². The highest BCUT2D eigenvalue weighted by Gasteiger charge is 2.30. The fourth-order valence-corrected chi connectivity index (χ4v) is 2.68. The van der Waals surface area contributed by atoms with E-state index in [4.69, 9.17) is 16.3 Å². The van der Waals surface area contributed by atoms with E-state index in [0.717, 1.165) is 12.3 Å². The van der Waals surface area contributed by atoms with Crippen molar-refractivity contribution in [3.05, 3.63) is 52.8 Å². The van der Waals surface area contributed by atoms with Crippen LogP contribution in [0.3, 0.4) is 0 Å². The molecule has 4 nitrogen and oxygen atoms in total. The number of aromatic amines is 1. The number of nitrogens with one attached hydrogen (secondary N) is 1. The van der Waals surface area contributed by atoms with Crippen LogP contribution in [0.25, 0.3) is 22.2 Å². The van der Waals surface area contributed by atoms with Crippen LogP contribution in [0.2, 0.25) is 5.02 Å². The normalized spacial score (nSPS) is 11.7. The highest BCUT2D eigenvalue weighted by Crippen LogP contribution is 2.33. The summed E-state index contributed by atoms with van der Waals surface area (Å²) >= 11 is 6.23. The Hall–Kier alpha value is -2.54. The van der Waals surface area contributed by atoms with Crippen molar-refractivity contribution in [2.75, 3.05) is 6.61 Å². The van der Waals surface area contributed by atoms with E-state index < -0.39 is 17.7 Å². The first kappa shape index (κ1) is 17.3. The SMILES string of the molecule is CCOC(=O)c1[nH]c2ccc(-c3ccc(C(F)(F)F)cn3)cc2c1Cl. The maximum atomic E-state index is 12.6. The Labute approximate surface area is 145 Å². The molecule has 0 bridgehead atoms. The summed E-state index contributed by atoms with van der Waals surface area (Å²) in [5, 5.41) is 0.756. The topological polar surface area (TPSA) is 55.0 Å². The molecule has 25 heavy (non-hydrogen) atoms. The zero-order chi connectivity index (χ0) is 18.2. The monoisotopic (exact) mass is 368 g/mol.